The van der Waals surface area contributed by atoms with Gasteiger partial charge in [-0.15, -0.1) is 0 Å². The van der Waals surface area contributed by atoms with Crippen molar-refractivity contribution in [3.63, 3.8) is 0 Å². The monoisotopic (exact) mass is 446 g/mol. The summed E-state index contributed by atoms with van der Waals surface area (Å²) in [7, 11) is 0. The van der Waals surface area contributed by atoms with Crippen molar-refractivity contribution < 1.29 is 4.79 Å². The van der Waals surface area contributed by atoms with E-state index in [0.717, 1.165) is 39.9 Å². The van der Waals surface area contributed by atoms with Crippen LogP contribution in [0.2, 0.25) is 5.02 Å². The topological polar surface area (TPSA) is 84.7 Å². The molecular weight excluding hydrogens is 420 g/mol. The highest BCUT2D eigenvalue weighted by molar-refractivity contribution is 7.99. The van der Waals surface area contributed by atoms with Crippen molar-refractivity contribution in [2.75, 3.05) is 24.2 Å². The maximum atomic E-state index is 12.3. The third kappa shape index (κ3) is 5.86. The number of rotatable bonds is 10. The SMILES string of the molecule is CCSc1nc(NCC(C)C)c2cnn(CCNC(=O)Cc3ccccc3Cl)c2n1. The fraction of sp³-hybridized carbons (Fsp3) is 0.429. The minimum atomic E-state index is -0.0734. The number of nitrogens with one attached hydrogen (secondary N) is 2. The van der Waals surface area contributed by atoms with Crippen LogP contribution in [0.4, 0.5) is 5.82 Å². The number of hydrogen-bond donors (Lipinski definition) is 2. The van der Waals surface area contributed by atoms with Gasteiger partial charge in [0.25, 0.3) is 0 Å². The van der Waals surface area contributed by atoms with Crippen LogP contribution in [0.15, 0.2) is 35.6 Å². The lowest BCUT2D eigenvalue weighted by Gasteiger charge is -2.11. The molecule has 1 amide bonds. The van der Waals surface area contributed by atoms with E-state index in [1.54, 1.807) is 24.0 Å². The van der Waals surface area contributed by atoms with Crippen molar-refractivity contribution >= 4 is 46.1 Å². The van der Waals surface area contributed by atoms with Gasteiger partial charge in [0.05, 0.1) is 24.5 Å². The molecule has 9 heteroatoms. The van der Waals surface area contributed by atoms with Gasteiger partial charge in [0.2, 0.25) is 5.91 Å². The molecule has 0 bridgehead atoms. The van der Waals surface area contributed by atoms with Gasteiger partial charge in [-0.05, 0) is 23.3 Å². The Labute approximate surface area is 186 Å². The Balaban J connectivity index is 1.68. The summed E-state index contributed by atoms with van der Waals surface area (Å²) in [5.74, 6) is 2.12. The molecule has 3 rings (SSSR count). The molecule has 2 heterocycles. The maximum Gasteiger partial charge on any atom is 0.224 e. The van der Waals surface area contributed by atoms with Crippen LogP contribution in [0, 0.1) is 5.92 Å². The molecule has 0 aliphatic rings. The van der Waals surface area contributed by atoms with E-state index >= 15 is 0 Å². The molecule has 0 radical (unpaired) electrons. The number of benzene rings is 1. The molecule has 160 valence electrons. The summed E-state index contributed by atoms with van der Waals surface area (Å²) in [4.78, 5) is 21.6. The molecule has 30 heavy (non-hydrogen) atoms. The van der Waals surface area contributed by atoms with Gasteiger partial charge in [-0.25, -0.2) is 14.6 Å². The summed E-state index contributed by atoms with van der Waals surface area (Å²) >= 11 is 7.73. The van der Waals surface area contributed by atoms with Crippen molar-refractivity contribution in [3.8, 4) is 0 Å². The average molecular weight is 447 g/mol. The lowest BCUT2D eigenvalue weighted by atomic mass is 10.1. The average Bonchev–Trinajstić information content (AvgIpc) is 3.11. The van der Waals surface area contributed by atoms with Crippen LogP contribution < -0.4 is 10.6 Å². The van der Waals surface area contributed by atoms with E-state index in [1.165, 1.54) is 0 Å². The Morgan fingerprint density at radius 3 is 2.80 bits per heavy atom. The molecule has 0 saturated carbocycles. The summed E-state index contributed by atoms with van der Waals surface area (Å²) in [5, 5.41) is 13.0. The first-order valence-electron chi connectivity index (χ1n) is 10.1. The second kappa shape index (κ2) is 10.6. The third-order valence-electron chi connectivity index (χ3n) is 4.38. The highest BCUT2D eigenvalue weighted by atomic mass is 35.5. The van der Waals surface area contributed by atoms with Gasteiger partial charge in [-0.3, -0.25) is 4.79 Å². The fourth-order valence-electron chi connectivity index (χ4n) is 2.91. The number of halogens is 1. The zero-order chi connectivity index (χ0) is 21.5. The van der Waals surface area contributed by atoms with E-state index in [1.807, 2.05) is 22.9 Å². The van der Waals surface area contributed by atoms with E-state index < -0.39 is 0 Å². The standard InChI is InChI=1S/C21H27ClN6OS/c1-4-30-21-26-19(24-12-14(2)3)16-13-25-28(20(16)27-21)10-9-23-18(29)11-15-7-5-6-8-17(15)22/h5-8,13-14H,4,9-12H2,1-3H3,(H,23,29)(H,24,26,27). The van der Waals surface area contributed by atoms with Gasteiger partial charge >= 0.3 is 0 Å². The molecule has 0 unspecified atom stereocenters. The normalized spacial score (nSPS) is 11.2. The zero-order valence-electron chi connectivity index (χ0n) is 17.5. The molecule has 3 aromatic rings. The second-order valence-electron chi connectivity index (χ2n) is 7.29. The molecule has 1 aromatic carbocycles. The highest BCUT2D eigenvalue weighted by Gasteiger charge is 2.14. The second-order valence-corrected chi connectivity index (χ2v) is 8.92. The fourth-order valence-corrected chi connectivity index (χ4v) is 3.67. The van der Waals surface area contributed by atoms with Crippen LogP contribution in [-0.2, 0) is 17.8 Å². The number of carbonyl (C=O) groups is 1. The number of aromatic nitrogens is 4. The highest BCUT2D eigenvalue weighted by Crippen LogP contribution is 2.24. The minimum absolute atomic E-state index is 0.0734. The van der Waals surface area contributed by atoms with Gasteiger partial charge in [0, 0.05) is 18.1 Å². The van der Waals surface area contributed by atoms with Crippen LogP contribution in [-0.4, -0.2) is 44.5 Å². The number of thioether (sulfide) groups is 1. The number of hydrogen-bond acceptors (Lipinski definition) is 6. The van der Waals surface area contributed by atoms with Crippen molar-refractivity contribution in [3.05, 3.63) is 41.0 Å². The largest absolute Gasteiger partial charge is 0.369 e. The minimum Gasteiger partial charge on any atom is -0.369 e. The Kier molecular flexibility index (Phi) is 7.93. The van der Waals surface area contributed by atoms with Crippen LogP contribution >= 0.6 is 23.4 Å². The van der Waals surface area contributed by atoms with Crippen molar-refractivity contribution in [1.29, 1.82) is 0 Å². The van der Waals surface area contributed by atoms with E-state index in [-0.39, 0.29) is 12.3 Å². The Morgan fingerprint density at radius 1 is 1.27 bits per heavy atom. The zero-order valence-corrected chi connectivity index (χ0v) is 19.1. The van der Waals surface area contributed by atoms with Crippen molar-refractivity contribution in [2.45, 2.75) is 38.9 Å². The summed E-state index contributed by atoms with van der Waals surface area (Å²) in [6.07, 6.45) is 2.03. The number of carbonyl (C=O) groups excluding carboxylic acids is 1. The molecule has 2 aromatic heterocycles. The van der Waals surface area contributed by atoms with Crippen LogP contribution in [0.3, 0.4) is 0 Å². The Hall–Kier alpha value is -2.32. The van der Waals surface area contributed by atoms with Gasteiger partial charge in [0.15, 0.2) is 10.8 Å². The van der Waals surface area contributed by atoms with Crippen molar-refractivity contribution in [1.82, 2.24) is 25.1 Å². The predicted molar refractivity (Wildman–Crippen MR) is 123 cm³/mol. The van der Waals surface area contributed by atoms with E-state index in [2.05, 4.69) is 46.5 Å². The molecule has 0 spiro atoms. The van der Waals surface area contributed by atoms with Gasteiger partial charge in [-0.1, -0.05) is 62.3 Å². The maximum absolute atomic E-state index is 12.3. The van der Waals surface area contributed by atoms with Crippen LogP contribution in [0.5, 0.6) is 0 Å². The summed E-state index contributed by atoms with van der Waals surface area (Å²) < 4.78 is 1.81. The molecule has 0 aliphatic carbocycles. The van der Waals surface area contributed by atoms with Crippen LogP contribution in [0.1, 0.15) is 26.3 Å². The number of amides is 1. The number of fused-ring (bicyclic) bond motifs is 1. The number of nitrogens with zero attached hydrogens (tertiary/aromatic N) is 4. The predicted octanol–water partition coefficient (Wildman–Crippen LogP) is 4.02. The van der Waals surface area contributed by atoms with Crippen molar-refractivity contribution in [2.24, 2.45) is 5.92 Å². The molecule has 2 N–H and O–H groups in total. The quantitative estimate of drug-likeness (QED) is 0.361. The number of anilines is 1. The lowest BCUT2D eigenvalue weighted by Crippen LogP contribution is -2.29. The van der Waals surface area contributed by atoms with E-state index in [0.29, 0.717) is 24.0 Å². The summed E-state index contributed by atoms with van der Waals surface area (Å²) in [6, 6.07) is 7.37. The first-order chi connectivity index (χ1) is 14.5. The van der Waals surface area contributed by atoms with Crippen LogP contribution in [0.25, 0.3) is 11.0 Å². The molecule has 0 fully saturated rings. The molecule has 0 aliphatic heterocycles. The molecule has 7 nitrogen and oxygen atoms in total. The Bertz CT molecular complexity index is 1010. The molecular formula is C21H27ClN6OS. The van der Waals surface area contributed by atoms with E-state index in [4.69, 9.17) is 11.6 Å². The smallest absolute Gasteiger partial charge is 0.224 e. The molecule has 0 saturated heterocycles. The first-order valence-corrected chi connectivity index (χ1v) is 11.4. The molecule has 0 atom stereocenters. The third-order valence-corrected chi connectivity index (χ3v) is 5.48. The van der Waals surface area contributed by atoms with E-state index in [9.17, 15) is 4.79 Å². The lowest BCUT2D eigenvalue weighted by molar-refractivity contribution is -0.120. The summed E-state index contributed by atoms with van der Waals surface area (Å²) in [5.41, 5.74) is 1.59. The van der Waals surface area contributed by atoms with Gasteiger partial charge in [-0.2, -0.15) is 5.10 Å². The van der Waals surface area contributed by atoms with Gasteiger partial charge in [0.1, 0.15) is 5.82 Å². The Morgan fingerprint density at radius 2 is 2.07 bits per heavy atom. The summed E-state index contributed by atoms with van der Waals surface area (Å²) in [6.45, 7) is 8.18. The first kappa shape index (κ1) is 22.4. The van der Waals surface area contributed by atoms with Gasteiger partial charge < -0.3 is 10.6 Å².